The summed E-state index contributed by atoms with van der Waals surface area (Å²) in [7, 11) is 0. The zero-order valence-corrected chi connectivity index (χ0v) is 11.1. The van der Waals surface area contributed by atoms with Gasteiger partial charge in [0, 0.05) is 24.0 Å². The van der Waals surface area contributed by atoms with Gasteiger partial charge in [0.2, 0.25) is 0 Å². The van der Waals surface area contributed by atoms with Crippen LogP contribution in [0.2, 0.25) is 0 Å². The van der Waals surface area contributed by atoms with Crippen molar-refractivity contribution in [3.05, 3.63) is 24.4 Å². The number of aromatic amines is 1. The number of hydrogen-bond acceptors (Lipinski definition) is 3. The molecule has 2 aromatic rings. The molecule has 2 aliphatic rings. The third-order valence-electron chi connectivity index (χ3n) is 4.67. The Hall–Kier alpha value is -1.55. The zero-order valence-electron chi connectivity index (χ0n) is 11.1. The molecule has 0 radical (unpaired) electrons. The van der Waals surface area contributed by atoms with Crippen LogP contribution in [0.25, 0.3) is 10.9 Å². The van der Waals surface area contributed by atoms with Gasteiger partial charge in [0.05, 0.1) is 17.4 Å². The number of para-hydroxylation sites is 1. The number of piperidine rings is 1. The van der Waals surface area contributed by atoms with Gasteiger partial charge in [0.25, 0.3) is 0 Å². The van der Waals surface area contributed by atoms with Crippen LogP contribution in [0.5, 0.6) is 0 Å². The minimum atomic E-state index is 0.592. The molecule has 19 heavy (non-hydrogen) atoms. The summed E-state index contributed by atoms with van der Waals surface area (Å²) in [6, 6.07) is 7.69. The van der Waals surface area contributed by atoms with Gasteiger partial charge in [0.1, 0.15) is 0 Å². The Kier molecular flexibility index (Phi) is 2.69. The number of fused-ring (bicyclic) bond motifs is 2. The van der Waals surface area contributed by atoms with Gasteiger partial charge >= 0.3 is 0 Å². The van der Waals surface area contributed by atoms with Crippen LogP contribution in [-0.2, 0) is 0 Å². The molecule has 2 atom stereocenters. The van der Waals surface area contributed by atoms with E-state index in [4.69, 9.17) is 0 Å². The van der Waals surface area contributed by atoms with Crippen molar-refractivity contribution in [2.75, 3.05) is 18.4 Å². The van der Waals surface area contributed by atoms with Crippen molar-refractivity contribution in [3.63, 3.8) is 0 Å². The minimum absolute atomic E-state index is 0.592. The van der Waals surface area contributed by atoms with Crippen molar-refractivity contribution in [2.24, 2.45) is 0 Å². The average Bonchev–Trinajstić information content (AvgIpc) is 3.06. The van der Waals surface area contributed by atoms with Crippen LogP contribution in [-0.4, -0.2) is 40.3 Å². The van der Waals surface area contributed by atoms with Gasteiger partial charge in [-0.05, 0) is 31.9 Å². The highest BCUT2D eigenvalue weighted by molar-refractivity contribution is 5.90. The van der Waals surface area contributed by atoms with Crippen LogP contribution in [0.4, 0.5) is 5.69 Å². The average molecular weight is 256 g/mol. The number of H-pyrrole nitrogens is 1. The highest BCUT2D eigenvalue weighted by atomic mass is 15.2. The second-order valence-corrected chi connectivity index (χ2v) is 5.78. The van der Waals surface area contributed by atoms with Crippen LogP contribution in [0.1, 0.15) is 25.7 Å². The summed E-state index contributed by atoms with van der Waals surface area (Å²) < 4.78 is 0. The predicted molar refractivity (Wildman–Crippen MR) is 77.3 cm³/mol. The molecule has 0 spiro atoms. The van der Waals surface area contributed by atoms with Crippen LogP contribution >= 0.6 is 0 Å². The lowest BCUT2D eigenvalue weighted by Gasteiger charge is -2.33. The molecule has 4 heteroatoms. The Morgan fingerprint density at radius 1 is 1.21 bits per heavy atom. The largest absolute Gasteiger partial charge is 0.379 e. The monoisotopic (exact) mass is 256 g/mol. The first-order valence-corrected chi connectivity index (χ1v) is 7.34. The fourth-order valence-corrected chi connectivity index (χ4v) is 3.70. The van der Waals surface area contributed by atoms with Gasteiger partial charge in [-0.3, -0.25) is 10.00 Å². The summed E-state index contributed by atoms with van der Waals surface area (Å²) in [5.74, 6) is 0. The first kappa shape index (κ1) is 11.3. The summed E-state index contributed by atoms with van der Waals surface area (Å²) in [4.78, 5) is 2.66. The van der Waals surface area contributed by atoms with Gasteiger partial charge < -0.3 is 5.32 Å². The van der Waals surface area contributed by atoms with E-state index >= 15 is 0 Å². The van der Waals surface area contributed by atoms with E-state index in [9.17, 15) is 0 Å². The zero-order chi connectivity index (χ0) is 12.7. The first-order valence-electron chi connectivity index (χ1n) is 7.34. The van der Waals surface area contributed by atoms with E-state index in [0.717, 1.165) is 11.6 Å². The van der Waals surface area contributed by atoms with Crippen molar-refractivity contribution in [2.45, 2.75) is 37.8 Å². The fourth-order valence-electron chi connectivity index (χ4n) is 3.70. The summed E-state index contributed by atoms with van der Waals surface area (Å²) in [6.07, 6.45) is 7.25. The molecule has 100 valence electrons. The van der Waals surface area contributed by atoms with E-state index in [1.165, 1.54) is 49.8 Å². The molecular formula is C15H20N4. The lowest BCUT2D eigenvalue weighted by atomic mass is 9.99. The molecule has 0 bridgehead atoms. The quantitative estimate of drug-likeness (QED) is 0.868. The van der Waals surface area contributed by atoms with Crippen LogP contribution < -0.4 is 5.32 Å². The lowest BCUT2D eigenvalue weighted by Crippen LogP contribution is -2.41. The maximum Gasteiger partial charge on any atom is 0.0881 e. The second-order valence-electron chi connectivity index (χ2n) is 5.78. The van der Waals surface area contributed by atoms with Gasteiger partial charge in [-0.15, -0.1) is 0 Å². The third-order valence-corrected chi connectivity index (χ3v) is 4.67. The lowest BCUT2D eigenvalue weighted by molar-refractivity contribution is 0.193. The molecule has 3 heterocycles. The molecule has 2 aliphatic heterocycles. The fraction of sp³-hybridized carbons (Fsp3) is 0.533. The number of benzene rings is 1. The third kappa shape index (κ3) is 1.91. The van der Waals surface area contributed by atoms with E-state index < -0.39 is 0 Å². The standard InChI is InChI=1S/C15H20N4/c1-2-8-19-9-7-12(14(19)6-1)17-13-5-3-4-11-10-16-18-15(11)13/h3-5,10,12,14,17H,1-2,6-9H2,(H,16,18). The molecule has 2 unspecified atom stereocenters. The highest BCUT2D eigenvalue weighted by Crippen LogP contribution is 2.30. The Morgan fingerprint density at radius 2 is 2.21 bits per heavy atom. The van der Waals surface area contributed by atoms with Crippen molar-refractivity contribution in [1.29, 1.82) is 0 Å². The number of rotatable bonds is 2. The number of hydrogen-bond donors (Lipinski definition) is 2. The van der Waals surface area contributed by atoms with Gasteiger partial charge in [-0.1, -0.05) is 18.6 Å². The van der Waals surface area contributed by atoms with E-state index in [0.29, 0.717) is 6.04 Å². The normalized spacial score (nSPS) is 27.6. The van der Waals surface area contributed by atoms with Gasteiger partial charge in [-0.25, -0.2) is 0 Å². The Bertz CT molecular complexity index is 576. The Labute approximate surface area is 113 Å². The highest BCUT2D eigenvalue weighted by Gasteiger charge is 2.35. The topological polar surface area (TPSA) is 44.0 Å². The molecule has 0 saturated carbocycles. The van der Waals surface area contributed by atoms with E-state index in [2.05, 4.69) is 38.6 Å². The van der Waals surface area contributed by atoms with Crippen molar-refractivity contribution in [3.8, 4) is 0 Å². The SMILES string of the molecule is c1cc(NC2CCN3CCCCC23)c2[nH]ncc2c1. The summed E-state index contributed by atoms with van der Waals surface area (Å²) in [6.45, 7) is 2.54. The summed E-state index contributed by atoms with van der Waals surface area (Å²) in [5.41, 5.74) is 2.34. The molecule has 0 aliphatic carbocycles. The number of aromatic nitrogens is 2. The minimum Gasteiger partial charge on any atom is -0.379 e. The van der Waals surface area contributed by atoms with Crippen molar-refractivity contribution in [1.82, 2.24) is 15.1 Å². The molecule has 2 N–H and O–H groups in total. The number of nitrogens with zero attached hydrogens (tertiary/aromatic N) is 2. The molecule has 4 rings (SSSR count). The predicted octanol–water partition coefficient (Wildman–Crippen LogP) is 2.60. The summed E-state index contributed by atoms with van der Waals surface area (Å²) in [5, 5.41) is 12.2. The van der Waals surface area contributed by atoms with E-state index in [-0.39, 0.29) is 0 Å². The smallest absolute Gasteiger partial charge is 0.0881 e. The summed E-state index contributed by atoms with van der Waals surface area (Å²) >= 11 is 0. The van der Waals surface area contributed by atoms with Crippen molar-refractivity contribution < 1.29 is 0 Å². The van der Waals surface area contributed by atoms with Crippen LogP contribution in [0.15, 0.2) is 24.4 Å². The number of anilines is 1. The first-order chi connectivity index (χ1) is 9.42. The molecular weight excluding hydrogens is 236 g/mol. The Balaban J connectivity index is 1.59. The molecule has 1 aromatic carbocycles. The molecule has 1 aromatic heterocycles. The van der Waals surface area contributed by atoms with Gasteiger partial charge in [-0.2, -0.15) is 5.10 Å². The number of nitrogens with one attached hydrogen (secondary N) is 2. The molecule has 2 fully saturated rings. The second kappa shape index (κ2) is 4.53. The van der Waals surface area contributed by atoms with E-state index in [1.807, 2.05) is 6.20 Å². The van der Waals surface area contributed by atoms with Crippen molar-refractivity contribution >= 4 is 16.6 Å². The van der Waals surface area contributed by atoms with Gasteiger partial charge in [0.15, 0.2) is 0 Å². The Morgan fingerprint density at radius 3 is 3.21 bits per heavy atom. The molecule has 4 nitrogen and oxygen atoms in total. The molecule has 0 amide bonds. The van der Waals surface area contributed by atoms with E-state index in [1.54, 1.807) is 0 Å². The maximum absolute atomic E-state index is 4.14. The van der Waals surface area contributed by atoms with Crippen LogP contribution in [0, 0.1) is 0 Å². The van der Waals surface area contributed by atoms with Crippen LogP contribution in [0.3, 0.4) is 0 Å². The maximum atomic E-state index is 4.14. The molecule has 2 saturated heterocycles.